The number of hydrogen-bond donors (Lipinski definition) is 0. The van der Waals surface area contributed by atoms with Gasteiger partial charge in [0, 0.05) is 25.0 Å². The van der Waals surface area contributed by atoms with Gasteiger partial charge in [-0.25, -0.2) is 0 Å². The van der Waals surface area contributed by atoms with Crippen LogP contribution < -0.4 is 0 Å². The highest BCUT2D eigenvalue weighted by atomic mass is 15.2. The van der Waals surface area contributed by atoms with Gasteiger partial charge in [0.1, 0.15) is 0 Å². The average molecular weight is 257 g/mol. The Balaban J connectivity index is 2.56. The molecule has 0 aliphatic heterocycles. The molecule has 0 atom stereocenters. The monoisotopic (exact) mass is 257 g/mol. The Morgan fingerprint density at radius 1 is 1.16 bits per heavy atom. The molecule has 3 heteroatoms. The van der Waals surface area contributed by atoms with E-state index in [1.807, 2.05) is 30.3 Å². The fraction of sp³-hybridized carbons (Fsp3) is 0.500. The van der Waals surface area contributed by atoms with E-state index < -0.39 is 0 Å². The van der Waals surface area contributed by atoms with Crippen molar-refractivity contribution in [1.29, 1.82) is 0 Å². The average Bonchev–Trinajstić information content (AvgIpc) is 2.74. The Morgan fingerprint density at radius 2 is 1.84 bits per heavy atom. The molecule has 0 aliphatic rings. The first-order valence-corrected chi connectivity index (χ1v) is 6.78. The first-order valence-electron chi connectivity index (χ1n) is 6.78. The fourth-order valence-electron chi connectivity index (χ4n) is 2.29. The second-order valence-electron chi connectivity index (χ2n) is 6.46. The lowest BCUT2D eigenvalue weighted by atomic mass is 9.81. The molecule has 0 saturated carbocycles. The largest absolute Gasteiger partial charge is 0.275 e. The van der Waals surface area contributed by atoms with Crippen LogP contribution in [0.1, 0.15) is 51.7 Å². The highest BCUT2D eigenvalue weighted by Gasteiger charge is 2.21. The van der Waals surface area contributed by atoms with Crippen molar-refractivity contribution in [3.05, 3.63) is 35.8 Å². The third-order valence-corrected chi connectivity index (χ3v) is 3.37. The Bertz CT molecular complexity index is 574. The number of nitrogens with zero attached hydrogens (tertiary/aromatic N) is 3. The molecule has 2 heterocycles. The topological polar surface area (TPSA) is 30.7 Å². The van der Waals surface area contributed by atoms with E-state index in [1.165, 1.54) is 11.1 Å². The van der Waals surface area contributed by atoms with Crippen molar-refractivity contribution < 1.29 is 0 Å². The van der Waals surface area contributed by atoms with Crippen molar-refractivity contribution >= 4 is 0 Å². The third kappa shape index (κ3) is 2.86. The van der Waals surface area contributed by atoms with Crippen molar-refractivity contribution in [1.82, 2.24) is 14.8 Å². The van der Waals surface area contributed by atoms with Gasteiger partial charge in [0.2, 0.25) is 0 Å². The van der Waals surface area contributed by atoms with Gasteiger partial charge >= 0.3 is 0 Å². The Kier molecular flexibility index (Phi) is 3.48. The predicted molar refractivity (Wildman–Crippen MR) is 79.2 cm³/mol. The van der Waals surface area contributed by atoms with E-state index in [9.17, 15) is 0 Å². The van der Waals surface area contributed by atoms with Crippen molar-refractivity contribution in [2.75, 3.05) is 0 Å². The lowest BCUT2D eigenvalue weighted by Gasteiger charge is -2.25. The minimum atomic E-state index is 0.125. The van der Waals surface area contributed by atoms with Crippen molar-refractivity contribution in [2.45, 2.75) is 46.0 Å². The minimum Gasteiger partial charge on any atom is -0.275 e. The molecule has 2 aromatic heterocycles. The molecule has 0 radical (unpaired) electrons. The molecule has 3 nitrogen and oxygen atoms in total. The van der Waals surface area contributed by atoms with Crippen LogP contribution in [0.3, 0.4) is 0 Å². The van der Waals surface area contributed by atoms with E-state index in [2.05, 4.69) is 50.8 Å². The fourth-order valence-corrected chi connectivity index (χ4v) is 2.29. The van der Waals surface area contributed by atoms with Crippen molar-refractivity contribution in [2.24, 2.45) is 7.05 Å². The molecular formula is C16H23N3. The summed E-state index contributed by atoms with van der Waals surface area (Å²) in [6, 6.07) is 2.21. The summed E-state index contributed by atoms with van der Waals surface area (Å²) in [5.41, 5.74) is 4.90. The highest BCUT2D eigenvalue weighted by molar-refractivity contribution is 5.59. The summed E-state index contributed by atoms with van der Waals surface area (Å²) in [6.07, 6.45) is 5.89. The SMILES string of the molecule is CC(C)c1cnc(-c2cnn(C)c2)cc1C(C)(C)C. The standard InChI is InChI=1S/C16H23N3/c1-11(2)13-9-17-15(7-14(13)16(3,4)5)12-8-18-19(6)10-12/h7-11H,1-6H3. The van der Waals surface area contributed by atoms with Gasteiger partial charge in [-0.15, -0.1) is 0 Å². The van der Waals surface area contributed by atoms with Crippen LogP contribution in [0, 0.1) is 0 Å². The number of aryl methyl sites for hydroxylation is 1. The van der Waals surface area contributed by atoms with E-state index in [0.29, 0.717) is 5.92 Å². The molecule has 0 aromatic carbocycles. The molecule has 0 saturated heterocycles. The van der Waals surface area contributed by atoms with Gasteiger partial charge in [0.05, 0.1) is 11.9 Å². The van der Waals surface area contributed by atoms with E-state index in [-0.39, 0.29) is 5.41 Å². The van der Waals surface area contributed by atoms with Gasteiger partial charge in [-0.3, -0.25) is 9.67 Å². The molecule has 0 fully saturated rings. The van der Waals surface area contributed by atoms with Crippen LogP contribution in [0.15, 0.2) is 24.7 Å². The van der Waals surface area contributed by atoms with Gasteiger partial charge in [-0.2, -0.15) is 5.10 Å². The summed E-state index contributed by atoms with van der Waals surface area (Å²) in [5, 5.41) is 4.22. The number of rotatable bonds is 2. The van der Waals surface area contributed by atoms with Crippen LogP contribution in [0.4, 0.5) is 0 Å². The Morgan fingerprint density at radius 3 is 2.32 bits per heavy atom. The molecular weight excluding hydrogens is 234 g/mol. The molecule has 2 rings (SSSR count). The van der Waals surface area contributed by atoms with Crippen LogP contribution >= 0.6 is 0 Å². The van der Waals surface area contributed by atoms with Crippen LogP contribution in [-0.2, 0) is 12.5 Å². The smallest absolute Gasteiger partial charge is 0.0736 e. The maximum Gasteiger partial charge on any atom is 0.0736 e. The summed E-state index contributed by atoms with van der Waals surface area (Å²) in [4.78, 5) is 4.60. The lowest BCUT2D eigenvalue weighted by Crippen LogP contribution is -2.15. The zero-order chi connectivity index (χ0) is 14.2. The summed E-state index contributed by atoms with van der Waals surface area (Å²) in [6.45, 7) is 11.2. The zero-order valence-electron chi connectivity index (χ0n) is 12.7. The molecule has 0 N–H and O–H groups in total. The van der Waals surface area contributed by atoms with Gasteiger partial charge in [0.15, 0.2) is 0 Å². The highest BCUT2D eigenvalue weighted by Crippen LogP contribution is 2.32. The first kappa shape index (κ1) is 13.8. The van der Waals surface area contributed by atoms with Crippen LogP contribution in [-0.4, -0.2) is 14.8 Å². The zero-order valence-corrected chi connectivity index (χ0v) is 12.7. The minimum absolute atomic E-state index is 0.125. The predicted octanol–water partition coefficient (Wildman–Crippen LogP) is 3.90. The summed E-state index contributed by atoms with van der Waals surface area (Å²) in [7, 11) is 1.93. The number of hydrogen-bond acceptors (Lipinski definition) is 2. The summed E-state index contributed by atoms with van der Waals surface area (Å²) >= 11 is 0. The van der Waals surface area contributed by atoms with Crippen molar-refractivity contribution in [3.63, 3.8) is 0 Å². The van der Waals surface area contributed by atoms with Crippen LogP contribution in [0.25, 0.3) is 11.3 Å². The van der Waals surface area contributed by atoms with Gasteiger partial charge in [-0.05, 0) is 28.5 Å². The molecule has 2 aromatic rings. The Hall–Kier alpha value is -1.64. The van der Waals surface area contributed by atoms with Gasteiger partial charge in [-0.1, -0.05) is 34.6 Å². The molecule has 0 spiro atoms. The van der Waals surface area contributed by atoms with Crippen molar-refractivity contribution in [3.8, 4) is 11.3 Å². The maximum absolute atomic E-state index is 4.60. The lowest BCUT2D eigenvalue weighted by molar-refractivity contribution is 0.576. The third-order valence-electron chi connectivity index (χ3n) is 3.37. The molecule has 0 aliphatic carbocycles. The van der Waals surface area contributed by atoms with Crippen LogP contribution in [0.5, 0.6) is 0 Å². The van der Waals surface area contributed by atoms with Gasteiger partial charge in [0.25, 0.3) is 0 Å². The second-order valence-corrected chi connectivity index (χ2v) is 6.46. The second kappa shape index (κ2) is 4.80. The normalized spacial score (nSPS) is 12.2. The van der Waals surface area contributed by atoms with Crippen LogP contribution in [0.2, 0.25) is 0 Å². The summed E-state index contributed by atoms with van der Waals surface area (Å²) < 4.78 is 1.81. The first-order chi connectivity index (χ1) is 8.79. The van der Waals surface area contributed by atoms with E-state index in [1.54, 1.807) is 0 Å². The van der Waals surface area contributed by atoms with E-state index in [4.69, 9.17) is 0 Å². The van der Waals surface area contributed by atoms with Gasteiger partial charge < -0.3 is 0 Å². The number of aromatic nitrogens is 3. The maximum atomic E-state index is 4.60. The summed E-state index contributed by atoms with van der Waals surface area (Å²) in [5.74, 6) is 0.490. The molecule has 0 unspecified atom stereocenters. The molecule has 0 amide bonds. The quantitative estimate of drug-likeness (QED) is 0.816. The molecule has 0 bridgehead atoms. The Labute approximate surface area is 115 Å². The molecule has 19 heavy (non-hydrogen) atoms. The van der Waals surface area contributed by atoms with E-state index in [0.717, 1.165) is 11.3 Å². The number of pyridine rings is 1. The molecule has 102 valence electrons. The van der Waals surface area contributed by atoms with E-state index >= 15 is 0 Å².